The molecule has 0 spiro atoms. The van der Waals surface area contributed by atoms with Crippen LogP contribution in [0.4, 0.5) is 15.8 Å². The Morgan fingerprint density at radius 2 is 1.76 bits per heavy atom. The van der Waals surface area contributed by atoms with Gasteiger partial charge in [0.1, 0.15) is 11.5 Å². The van der Waals surface area contributed by atoms with Gasteiger partial charge >= 0.3 is 0 Å². The molecule has 0 heterocycles. The molecule has 0 aliphatic carbocycles. The molecule has 110 valence electrons. The Kier molecular flexibility index (Phi) is 4.21. The van der Waals surface area contributed by atoms with Crippen molar-refractivity contribution >= 4 is 11.4 Å². The van der Waals surface area contributed by atoms with Crippen molar-refractivity contribution in [1.29, 1.82) is 0 Å². The smallest absolute Gasteiger partial charge is 0.292 e. The van der Waals surface area contributed by atoms with Gasteiger partial charge in [-0.1, -0.05) is 12.1 Å². The van der Waals surface area contributed by atoms with Gasteiger partial charge in [0.05, 0.1) is 4.92 Å². The summed E-state index contributed by atoms with van der Waals surface area (Å²) in [5.74, 6) is -0.254. The molecule has 0 radical (unpaired) electrons. The predicted molar refractivity (Wildman–Crippen MR) is 81.0 cm³/mol. The molecule has 2 aromatic carbocycles. The minimum atomic E-state index is -0.398. The number of anilines is 1. The van der Waals surface area contributed by atoms with E-state index < -0.39 is 4.92 Å². The summed E-state index contributed by atoms with van der Waals surface area (Å²) in [6, 6.07) is 8.13. The largest absolute Gasteiger partial charge is 0.375 e. The van der Waals surface area contributed by atoms with Gasteiger partial charge in [0, 0.05) is 12.6 Å². The Morgan fingerprint density at radius 1 is 1.10 bits per heavy atom. The van der Waals surface area contributed by atoms with Crippen molar-refractivity contribution in [3.8, 4) is 0 Å². The Balaban J connectivity index is 2.24. The predicted octanol–water partition coefficient (Wildman–Crippen LogP) is 4.27. The summed E-state index contributed by atoms with van der Waals surface area (Å²) in [5, 5.41) is 14.2. The molecular weight excluding hydrogens is 271 g/mol. The molecule has 0 fully saturated rings. The van der Waals surface area contributed by atoms with Gasteiger partial charge in [0.2, 0.25) is 0 Å². The second kappa shape index (κ2) is 5.91. The van der Waals surface area contributed by atoms with Crippen LogP contribution in [-0.4, -0.2) is 4.92 Å². The number of halogens is 1. The van der Waals surface area contributed by atoms with Crippen molar-refractivity contribution in [3.63, 3.8) is 0 Å². The fraction of sp³-hybridized carbons (Fsp3) is 0.250. The lowest BCUT2D eigenvalue weighted by Crippen LogP contribution is -2.04. The van der Waals surface area contributed by atoms with E-state index in [1.807, 2.05) is 13.8 Å². The van der Waals surface area contributed by atoms with Crippen LogP contribution in [0.2, 0.25) is 0 Å². The summed E-state index contributed by atoms with van der Waals surface area (Å²) in [5.41, 5.74) is 3.83. The highest BCUT2D eigenvalue weighted by atomic mass is 19.1. The third-order valence-electron chi connectivity index (χ3n) is 3.51. The van der Waals surface area contributed by atoms with Crippen LogP contribution in [-0.2, 0) is 6.54 Å². The maximum atomic E-state index is 13.2. The average molecular weight is 288 g/mol. The number of aryl methyl sites for hydroxylation is 3. The first-order valence-corrected chi connectivity index (χ1v) is 6.63. The molecule has 0 aliphatic rings. The summed E-state index contributed by atoms with van der Waals surface area (Å²) >= 11 is 0. The van der Waals surface area contributed by atoms with Crippen molar-refractivity contribution in [2.45, 2.75) is 27.3 Å². The van der Waals surface area contributed by atoms with Gasteiger partial charge in [-0.3, -0.25) is 10.1 Å². The number of nitro benzene ring substituents is 1. The van der Waals surface area contributed by atoms with Gasteiger partial charge in [-0.05, 0) is 55.2 Å². The van der Waals surface area contributed by atoms with Gasteiger partial charge in [-0.25, -0.2) is 4.39 Å². The standard InChI is InChI=1S/C16H17FN2O2/c1-10-7-15(16(19(20)21)8-11(10)2)18-9-13-4-5-14(17)12(3)6-13/h4-8,18H,9H2,1-3H3. The first-order valence-electron chi connectivity index (χ1n) is 6.63. The van der Waals surface area contributed by atoms with Crippen LogP contribution >= 0.6 is 0 Å². The molecule has 21 heavy (non-hydrogen) atoms. The molecular formula is C16H17FN2O2. The number of benzene rings is 2. The van der Waals surface area contributed by atoms with E-state index in [1.165, 1.54) is 6.07 Å². The van der Waals surface area contributed by atoms with E-state index >= 15 is 0 Å². The second-order valence-corrected chi connectivity index (χ2v) is 5.15. The Morgan fingerprint density at radius 3 is 2.38 bits per heavy atom. The van der Waals surface area contributed by atoms with Crippen LogP contribution in [0.1, 0.15) is 22.3 Å². The number of hydrogen-bond donors (Lipinski definition) is 1. The van der Waals surface area contributed by atoms with Gasteiger partial charge in [-0.2, -0.15) is 0 Å². The van der Waals surface area contributed by atoms with Gasteiger partial charge in [0.25, 0.3) is 5.69 Å². The van der Waals surface area contributed by atoms with Gasteiger partial charge < -0.3 is 5.32 Å². The van der Waals surface area contributed by atoms with Crippen molar-refractivity contribution < 1.29 is 9.31 Å². The molecule has 0 bridgehead atoms. The molecule has 0 unspecified atom stereocenters. The van der Waals surface area contributed by atoms with Crippen molar-refractivity contribution in [3.05, 3.63) is 68.5 Å². The Hall–Kier alpha value is -2.43. The minimum absolute atomic E-state index is 0.0527. The number of hydrogen-bond acceptors (Lipinski definition) is 3. The molecule has 0 aliphatic heterocycles. The topological polar surface area (TPSA) is 55.2 Å². The summed E-state index contributed by atoms with van der Waals surface area (Å²) in [6.45, 7) is 5.85. The van der Waals surface area contributed by atoms with Crippen molar-refractivity contribution in [2.75, 3.05) is 5.32 Å². The lowest BCUT2D eigenvalue weighted by Gasteiger charge is -2.10. The molecule has 2 rings (SSSR count). The highest BCUT2D eigenvalue weighted by Crippen LogP contribution is 2.28. The third-order valence-corrected chi connectivity index (χ3v) is 3.51. The van der Waals surface area contributed by atoms with Gasteiger partial charge in [0.15, 0.2) is 0 Å². The molecule has 5 heteroatoms. The Labute approximate surface area is 122 Å². The molecule has 4 nitrogen and oxygen atoms in total. The summed E-state index contributed by atoms with van der Waals surface area (Å²) in [7, 11) is 0. The zero-order valence-electron chi connectivity index (χ0n) is 12.2. The van der Waals surface area contributed by atoms with Crippen molar-refractivity contribution in [1.82, 2.24) is 0 Å². The van der Waals surface area contributed by atoms with Crippen LogP contribution in [0.25, 0.3) is 0 Å². The van der Waals surface area contributed by atoms with E-state index in [1.54, 1.807) is 31.2 Å². The number of nitro groups is 1. The SMILES string of the molecule is Cc1cc(NCc2ccc(F)c(C)c2)c([N+](=O)[O-])cc1C. The molecule has 0 saturated carbocycles. The summed E-state index contributed by atoms with van der Waals surface area (Å²) in [6.07, 6.45) is 0. The molecule has 0 amide bonds. The second-order valence-electron chi connectivity index (χ2n) is 5.15. The lowest BCUT2D eigenvalue weighted by molar-refractivity contribution is -0.384. The van der Waals surface area contributed by atoms with Crippen LogP contribution in [0.3, 0.4) is 0 Å². The lowest BCUT2D eigenvalue weighted by atomic mass is 10.1. The number of rotatable bonds is 4. The zero-order valence-corrected chi connectivity index (χ0v) is 12.2. The quantitative estimate of drug-likeness (QED) is 0.675. The van der Waals surface area contributed by atoms with Crippen LogP contribution in [0.15, 0.2) is 30.3 Å². The maximum absolute atomic E-state index is 13.2. The molecule has 0 saturated heterocycles. The Bertz CT molecular complexity index is 699. The normalized spacial score (nSPS) is 10.5. The van der Waals surface area contributed by atoms with E-state index in [0.717, 1.165) is 16.7 Å². The van der Waals surface area contributed by atoms with E-state index in [0.29, 0.717) is 17.8 Å². The fourth-order valence-corrected chi connectivity index (χ4v) is 2.11. The van der Waals surface area contributed by atoms with E-state index in [9.17, 15) is 14.5 Å². The van der Waals surface area contributed by atoms with E-state index in [2.05, 4.69) is 5.32 Å². The average Bonchev–Trinajstić information content (AvgIpc) is 2.43. The van der Waals surface area contributed by atoms with E-state index in [4.69, 9.17) is 0 Å². The first kappa shape index (κ1) is 15.0. The van der Waals surface area contributed by atoms with E-state index in [-0.39, 0.29) is 11.5 Å². The molecule has 0 atom stereocenters. The van der Waals surface area contributed by atoms with Gasteiger partial charge in [-0.15, -0.1) is 0 Å². The highest BCUT2D eigenvalue weighted by Gasteiger charge is 2.15. The van der Waals surface area contributed by atoms with Crippen molar-refractivity contribution in [2.24, 2.45) is 0 Å². The first-order chi connectivity index (χ1) is 9.88. The monoisotopic (exact) mass is 288 g/mol. The highest BCUT2D eigenvalue weighted by molar-refractivity contribution is 5.64. The molecule has 1 N–H and O–H groups in total. The summed E-state index contributed by atoms with van der Waals surface area (Å²) in [4.78, 5) is 10.7. The minimum Gasteiger partial charge on any atom is -0.375 e. The summed E-state index contributed by atoms with van der Waals surface area (Å²) < 4.78 is 13.2. The molecule has 0 aromatic heterocycles. The van der Waals surface area contributed by atoms with Crippen LogP contribution in [0, 0.1) is 36.7 Å². The van der Waals surface area contributed by atoms with Crippen LogP contribution < -0.4 is 5.32 Å². The fourth-order valence-electron chi connectivity index (χ4n) is 2.11. The zero-order chi connectivity index (χ0) is 15.6. The maximum Gasteiger partial charge on any atom is 0.292 e. The third kappa shape index (κ3) is 3.37. The number of nitrogens with zero attached hydrogens (tertiary/aromatic N) is 1. The molecule has 2 aromatic rings. The number of nitrogens with one attached hydrogen (secondary N) is 1. The van der Waals surface area contributed by atoms with Crippen LogP contribution in [0.5, 0.6) is 0 Å².